The maximum absolute atomic E-state index is 11.8. The number of ether oxygens (including phenoxy) is 5. The molecule has 1 aliphatic heterocycles. The Bertz CT molecular complexity index is 1190. The van der Waals surface area contributed by atoms with Gasteiger partial charge in [-0.3, -0.25) is 19.2 Å². The Kier molecular flexibility index (Phi) is 8.61. The number of hydrogen-bond donors (Lipinski definition) is 0. The highest BCUT2D eigenvalue weighted by atomic mass is 17.2. The molecule has 13 nitrogen and oxygen atoms in total. The molecule has 1 aliphatic rings. The van der Waals surface area contributed by atoms with Crippen molar-refractivity contribution in [3.8, 4) is 5.75 Å². The van der Waals surface area contributed by atoms with Crippen LogP contribution in [0.3, 0.4) is 0 Å². The zero-order valence-electron chi connectivity index (χ0n) is 19.8. The molecule has 0 saturated carbocycles. The predicted octanol–water partition coefficient (Wildman–Crippen LogP) is 1.19. The molecule has 2 heterocycles. The average molecular weight is 508 g/mol. The quantitative estimate of drug-likeness (QED) is 0.164. The van der Waals surface area contributed by atoms with E-state index in [4.69, 9.17) is 37.9 Å². The van der Waals surface area contributed by atoms with Crippen LogP contribution in [0.4, 0.5) is 0 Å². The second kappa shape index (κ2) is 11.6. The molecule has 1 saturated heterocycles. The van der Waals surface area contributed by atoms with Crippen molar-refractivity contribution in [1.82, 2.24) is 0 Å². The van der Waals surface area contributed by atoms with Gasteiger partial charge in [0.2, 0.25) is 6.29 Å². The van der Waals surface area contributed by atoms with Crippen molar-refractivity contribution in [1.29, 1.82) is 0 Å². The highest BCUT2D eigenvalue weighted by molar-refractivity contribution is 5.77. The van der Waals surface area contributed by atoms with E-state index in [2.05, 4.69) is 0 Å². The highest BCUT2D eigenvalue weighted by Gasteiger charge is 2.53. The van der Waals surface area contributed by atoms with E-state index in [-0.39, 0.29) is 11.3 Å². The lowest BCUT2D eigenvalue weighted by atomic mass is 9.98. The lowest BCUT2D eigenvalue weighted by Gasteiger charge is -2.43. The topological polar surface area (TPSA) is 163 Å². The summed E-state index contributed by atoms with van der Waals surface area (Å²) in [5.41, 5.74) is -0.356. The van der Waals surface area contributed by atoms with E-state index in [9.17, 15) is 24.0 Å². The summed E-state index contributed by atoms with van der Waals surface area (Å²) in [6.45, 7) is 4.04. The van der Waals surface area contributed by atoms with E-state index in [1.165, 1.54) is 18.2 Å². The molecule has 0 spiro atoms. The Morgan fingerprint density at radius 2 is 1.42 bits per heavy atom. The van der Waals surface area contributed by atoms with Crippen LogP contribution in [-0.2, 0) is 47.8 Å². The molecular formula is C23H24O13. The maximum Gasteiger partial charge on any atom is 0.336 e. The van der Waals surface area contributed by atoms with Gasteiger partial charge in [-0.05, 0) is 18.2 Å². The van der Waals surface area contributed by atoms with Gasteiger partial charge in [-0.25, -0.2) is 4.79 Å². The van der Waals surface area contributed by atoms with Crippen molar-refractivity contribution in [3.63, 3.8) is 0 Å². The second-order valence-electron chi connectivity index (χ2n) is 7.70. The van der Waals surface area contributed by atoms with Gasteiger partial charge in [0.05, 0.1) is 0 Å². The molecule has 0 amide bonds. The third-order valence-corrected chi connectivity index (χ3v) is 4.78. The summed E-state index contributed by atoms with van der Waals surface area (Å²) in [6, 6.07) is 7.31. The van der Waals surface area contributed by atoms with Gasteiger partial charge < -0.3 is 33.0 Å². The van der Waals surface area contributed by atoms with Crippen LogP contribution < -0.4 is 10.5 Å². The molecule has 36 heavy (non-hydrogen) atoms. The molecule has 0 aliphatic carbocycles. The normalized spacial score (nSPS) is 23.4. The number of esters is 4. The first-order chi connectivity index (χ1) is 17.0. The van der Waals surface area contributed by atoms with Gasteiger partial charge >= 0.3 is 29.5 Å². The summed E-state index contributed by atoms with van der Waals surface area (Å²) in [5, 5.41) is 0.620. The third-order valence-electron chi connectivity index (χ3n) is 4.78. The number of hydrogen-bond acceptors (Lipinski definition) is 13. The zero-order valence-corrected chi connectivity index (χ0v) is 19.8. The maximum atomic E-state index is 11.8. The minimum absolute atomic E-state index is 0.0877. The Balaban J connectivity index is 1.91. The van der Waals surface area contributed by atoms with Crippen molar-refractivity contribution in [2.75, 3.05) is 6.61 Å². The van der Waals surface area contributed by atoms with E-state index in [0.717, 1.165) is 27.7 Å². The molecule has 194 valence electrons. The van der Waals surface area contributed by atoms with Crippen molar-refractivity contribution in [3.05, 3.63) is 40.8 Å². The van der Waals surface area contributed by atoms with Gasteiger partial charge in [0, 0.05) is 45.2 Å². The number of fused-ring (bicyclic) bond motifs is 1. The Hall–Kier alpha value is -3.97. The summed E-state index contributed by atoms with van der Waals surface area (Å²) < 4.78 is 31.7. The van der Waals surface area contributed by atoms with Gasteiger partial charge in [-0.1, -0.05) is 0 Å². The first-order valence-corrected chi connectivity index (χ1v) is 10.7. The van der Waals surface area contributed by atoms with Crippen LogP contribution >= 0.6 is 0 Å². The Morgan fingerprint density at radius 3 is 2.06 bits per heavy atom. The van der Waals surface area contributed by atoms with Crippen LogP contribution in [-0.4, -0.2) is 61.2 Å². The van der Waals surface area contributed by atoms with Crippen molar-refractivity contribution >= 4 is 34.8 Å². The fourth-order valence-electron chi connectivity index (χ4n) is 3.46. The van der Waals surface area contributed by atoms with Crippen LogP contribution in [0.25, 0.3) is 11.0 Å². The van der Waals surface area contributed by atoms with E-state index in [1.54, 1.807) is 12.1 Å². The van der Waals surface area contributed by atoms with Crippen LogP contribution in [0.5, 0.6) is 5.75 Å². The van der Waals surface area contributed by atoms with Crippen LogP contribution in [0.15, 0.2) is 39.5 Å². The first-order valence-electron chi connectivity index (χ1n) is 10.7. The van der Waals surface area contributed by atoms with E-state index >= 15 is 0 Å². The minimum atomic E-state index is -1.54. The van der Waals surface area contributed by atoms with Crippen LogP contribution in [0.2, 0.25) is 0 Å². The predicted molar refractivity (Wildman–Crippen MR) is 116 cm³/mol. The number of carbonyl (C=O) groups excluding carboxylic acids is 4. The standard InChI is InChI=1S/C23H24O13/c1-11(24)29-10-18-20(30-12(2)25)21(31-13(3)26)22(32-14(4)27)23(34-18)36-35-16-7-5-15-6-8-19(28)33-17(15)9-16/h5-9,18,20-23H,10H2,1-4H3/t18-,20-,21+,22-,23?/m1/s1. The van der Waals surface area contributed by atoms with Crippen molar-refractivity contribution in [2.24, 2.45) is 0 Å². The van der Waals surface area contributed by atoms with Gasteiger partial charge in [0.15, 0.2) is 24.1 Å². The molecular weight excluding hydrogens is 484 g/mol. The molecule has 1 fully saturated rings. The second-order valence-corrected chi connectivity index (χ2v) is 7.70. The lowest BCUT2D eigenvalue weighted by molar-refractivity contribution is -0.387. The highest BCUT2D eigenvalue weighted by Crippen LogP contribution is 2.31. The summed E-state index contributed by atoms with van der Waals surface area (Å²) in [7, 11) is 0. The molecule has 2 aromatic rings. The number of carbonyl (C=O) groups is 4. The first kappa shape index (κ1) is 26.6. The lowest BCUT2D eigenvalue weighted by Crippen LogP contribution is -2.63. The van der Waals surface area contributed by atoms with Gasteiger partial charge in [-0.15, -0.1) is 0 Å². The molecule has 1 unspecified atom stereocenters. The molecule has 1 aromatic heterocycles. The monoisotopic (exact) mass is 508 g/mol. The third kappa shape index (κ3) is 7.02. The molecule has 3 rings (SSSR count). The van der Waals surface area contributed by atoms with Gasteiger partial charge in [0.1, 0.15) is 18.3 Å². The van der Waals surface area contributed by atoms with Crippen molar-refractivity contribution in [2.45, 2.75) is 58.4 Å². The Labute approximate surface area is 204 Å². The molecule has 5 atom stereocenters. The summed E-state index contributed by atoms with van der Waals surface area (Å²) in [5.74, 6) is -2.90. The van der Waals surface area contributed by atoms with Crippen molar-refractivity contribution < 1.29 is 57.1 Å². The summed E-state index contributed by atoms with van der Waals surface area (Å²) in [4.78, 5) is 69.0. The molecule has 0 N–H and O–H groups in total. The fourth-order valence-corrected chi connectivity index (χ4v) is 3.46. The van der Waals surface area contributed by atoms with Gasteiger partial charge in [-0.2, -0.15) is 4.89 Å². The van der Waals surface area contributed by atoms with Gasteiger partial charge in [0.25, 0.3) is 0 Å². The molecule has 0 bridgehead atoms. The average Bonchev–Trinajstić information content (AvgIpc) is 2.78. The fraction of sp³-hybridized carbons (Fsp3) is 0.435. The number of benzene rings is 1. The molecule has 1 aromatic carbocycles. The Morgan fingerprint density at radius 1 is 0.806 bits per heavy atom. The summed E-state index contributed by atoms with van der Waals surface area (Å²) in [6.07, 6.45) is -6.93. The zero-order chi connectivity index (χ0) is 26.4. The smallest absolute Gasteiger partial charge is 0.336 e. The van der Waals surface area contributed by atoms with Crippen LogP contribution in [0.1, 0.15) is 27.7 Å². The van der Waals surface area contributed by atoms with Crippen LogP contribution in [0, 0.1) is 0 Å². The largest absolute Gasteiger partial charge is 0.463 e. The van der Waals surface area contributed by atoms with E-state index in [0.29, 0.717) is 5.39 Å². The number of rotatable bonds is 8. The SMILES string of the molecule is CC(=O)OC[C@H]1OC(OOc2ccc3ccc(=O)oc3c2)[C@H](OC(C)=O)[C@@H](OC(C)=O)[C@@H]1OC(C)=O. The van der Waals surface area contributed by atoms with E-state index < -0.39 is 66.8 Å². The summed E-state index contributed by atoms with van der Waals surface area (Å²) >= 11 is 0. The molecule has 0 radical (unpaired) electrons. The minimum Gasteiger partial charge on any atom is -0.463 e. The van der Waals surface area contributed by atoms with E-state index in [1.807, 2.05) is 0 Å². The molecule has 13 heteroatoms.